The Morgan fingerprint density at radius 1 is 1.03 bits per heavy atom. The van der Waals surface area contributed by atoms with E-state index < -0.39 is 16.0 Å². The Kier molecular flexibility index (Phi) is 7.26. The van der Waals surface area contributed by atoms with E-state index in [4.69, 9.17) is 0 Å². The van der Waals surface area contributed by atoms with E-state index >= 15 is 0 Å². The molecule has 0 saturated carbocycles. The third-order valence-electron chi connectivity index (χ3n) is 5.93. The number of carbonyl (C=O) groups is 2. The van der Waals surface area contributed by atoms with E-state index in [0.717, 1.165) is 39.0 Å². The van der Waals surface area contributed by atoms with E-state index in [9.17, 15) is 18.0 Å². The topological polar surface area (TPSA) is 105 Å². The summed E-state index contributed by atoms with van der Waals surface area (Å²) in [5, 5.41) is 3.39. The summed E-state index contributed by atoms with van der Waals surface area (Å²) in [7, 11) is -3.90. The molecule has 0 atom stereocenters. The first-order chi connectivity index (χ1) is 13.9. The van der Waals surface area contributed by atoms with Crippen LogP contribution in [0.15, 0.2) is 35.2 Å². The highest BCUT2D eigenvalue weighted by Gasteiger charge is 2.36. The first-order valence-electron chi connectivity index (χ1n) is 10.2. The van der Waals surface area contributed by atoms with Crippen molar-refractivity contribution in [2.75, 3.05) is 26.2 Å². The van der Waals surface area contributed by atoms with Crippen molar-refractivity contribution in [2.24, 2.45) is 5.41 Å². The number of likely N-dealkylation sites (tertiary alicyclic amines) is 1. The van der Waals surface area contributed by atoms with Gasteiger partial charge < -0.3 is 15.1 Å². The Labute approximate surface area is 172 Å². The van der Waals surface area contributed by atoms with Crippen molar-refractivity contribution in [1.29, 1.82) is 0 Å². The van der Waals surface area contributed by atoms with E-state index in [1.807, 2.05) is 9.79 Å². The van der Waals surface area contributed by atoms with Crippen molar-refractivity contribution >= 4 is 21.9 Å². The summed E-state index contributed by atoms with van der Waals surface area (Å²) in [6, 6.07) is 7.66. The number of carbonyl (C=O) groups excluding carboxylic acids is 2. The number of sulfonamides is 1. The van der Waals surface area contributed by atoms with E-state index in [1.54, 1.807) is 18.2 Å². The molecule has 8 nitrogen and oxygen atoms in total. The molecule has 29 heavy (non-hydrogen) atoms. The molecule has 0 aliphatic carbocycles. The van der Waals surface area contributed by atoms with Crippen molar-refractivity contribution in [3.63, 3.8) is 0 Å². The summed E-state index contributed by atoms with van der Waals surface area (Å²) < 4.78 is 24.0. The second kappa shape index (κ2) is 9.69. The average Bonchev–Trinajstić information content (AvgIpc) is 2.74. The highest BCUT2D eigenvalue weighted by atomic mass is 32.2. The van der Waals surface area contributed by atoms with E-state index in [0.29, 0.717) is 11.8 Å². The Hall–Kier alpha value is -1.97. The molecule has 0 unspecified atom stereocenters. The van der Waals surface area contributed by atoms with E-state index in [-0.39, 0.29) is 23.6 Å². The molecule has 0 radical (unpaired) electrons. The number of hydrogen-bond donors (Lipinski definition) is 2. The molecular weight excluding hydrogens is 394 g/mol. The van der Waals surface area contributed by atoms with Crippen LogP contribution in [-0.2, 0) is 24.4 Å². The van der Waals surface area contributed by atoms with Gasteiger partial charge in [0.05, 0.1) is 4.90 Å². The molecule has 9 heteroatoms. The van der Waals surface area contributed by atoms with Gasteiger partial charge in [0.15, 0.2) is 0 Å². The van der Waals surface area contributed by atoms with Crippen LogP contribution < -0.4 is 10.2 Å². The molecule has 0 bridgehead atoms. The minimum absolute atomic E-state index is 0.0135. The molecule has 3 rings (SSSR count). The molecule has 2 aliphatic heterocycles. The quantitative estimate of drug-likeness (QED) is 0.646. The third kappa shape index (κ3) is 6.01. The Bertz CT molecular complexity index is 797. The molecule has 2 aliphatic rings. The van der Waals surface area contributed by atoms with Crippen LogP contribution in [0.1, 0.15) is 44.9 Å². The van der Waals surface area contributed by atoms with Crippen molar-refractivity contribution in [2.45, 2.75) is 49.8 Å². The van der Waals surface area contributed by atoms with Gasteiger partial charge in [-0.1, -0.05) is 18.2 Å². The lowest BCUT2D eigenvalue weighted by Gasteiger charge is -2.44. The largest absolute Gasteiger partial charge is 0.356 e. The van der Waals surface area contributed by atoms with Crippen molar-refractivity contribution in [3.8, 4) is 0 Å². The van der Waals surface area contributed by atoms with Crippen LogP contribution in [0.4, 0.5) is 0 Å². The maximum absolute atomic E-state index is 12.4. The standard InChI is InChI=1S/C20H29N3O5S/c24-18(23-15-11-20(12-16-23)9-13-21-14-10-20)7-4-8-19(25)28-22-29(26,27)17-5-2-1-3-6-17/h1-3,5-6,21-22H,4,7-16H2. The fraction of sp³-hybridized carbons (Fsp3) is 0.600. The number of nitrogens with zero attached hydrogens (tertiary/aromatic N) is 1. The molecule has 2 saturated heterocycles. The van der Waals surface area contributed by atoms with Gasteiger partial charge in [-0.2, -0.15) is 0 Å². The number of piperidine rings is 2. The minimum Gasteiger partial charge on any atom is -0.356 e. The zero-order chi connectivity index (χ0) is 20.7. The fourth-order valence-corrected chi connectivity index (χ4v) is 4.84. The second-order valence-electron chi connectivity index (χ2n) is 7.86. The smallest absolute Gasteiger partial charge is 0.326 e. The van der Waals surface area contributed by atoms with Crippen LogP contribution in [0.25, 0.3) is 0 Å². The molecule has 2 heterocycles. The van der Waals surface area contributed by atoms with Gasteiger partial charge in [-0.15, -0.1) is 0 Å². The Balaban J connectivity index is 1.34. The number of benzene rings is 1. The summed E-state index contributed by atoms with van der Waals surface area (Å²) in [5.41, 5.74) is 0.391. The summed E-state index contributed by atoms with van der Waals surface area (Å²) in [6.07, 6.45) is 5.02. The number of hydrogen-bond acceptors (Lipinski definition) is 6. The molecule has 1 spiro atoms. The van der Waals surface area contributed by atoms with Gasteiger partial charge in [0.1, 0.15) is 0 Å². The molecule has 160 valence electrons. The minimum atomic E-state index is -3.90. The highest BCUT2D eigenvalue weighted by Crippen LogP contribution is 2.39. The van der Waals surface area contributed by atoms with E-state index in [1.165, 1.54) is 25.0 Å². The SMILES string of the molecule is O=C(CCCC(=O)N1CCC2(CCNCC2)CC1)ONS(=O)(=O)c1ccccc1. The Morgan fingerprint density at radius 3 is 2.34 bits per heavy atom. The molecular formula is C20H29N3O5S. The van der Waals surface area contributed by atoms with E-state index in [2.05, 4.69) is 10.2 Å². The van der Waals surface area contributed by atoms with Gasteiger partial charge in [0.25, 0.3) is 10.0 Å². The zero-order valence-electron chi connectivity index (χ0n) is 16.6. The van der Waals surface area contributed by atoms with Gasteiger partial charge in [-0.25, -0.2) is 8.42 Å². The molecule has 2 fully saturated rings. The average molecular weight is 424 g/mol. The third-order valence-corrected chi connectivity index (χ3v) is 7.13. The first kappa shape index (κ1) is 21.7. The van der Waals surface area contributed by atoms with Crippen LogP contribution in [0, 0.1) is 5.41 Å². The lowest BCUT2D eigenvalue weighted by Crippen LogP contribution is -2.47. The summed E-state index contributed by atoms with van der Waals surface area (Å²) in [5.74, 6) is -0.656. The predicted molar refractivity (Wildman–Crippen MR) is 107 cm³/mol. The summed E-state index contributed by atoms with van der Waals surface area (Å²) >= 11 is 0. The zero-order valence-corrected chi connectivity index (χ0v) is 17.4. The lowest BCUT2D eigenvalue weighted by molar-refractivity contribution is -0.147. The van der Waals surface area contributed by atoms with Crippen LogP contribution in [-0.4, -0.2) is 51.4 Å². The maximum atomic E-state index is 12.4. The molecule has 2 N–H and O–H groups in total. The predicted octanol–water partition coefficient (Wildman–Crippen LogP) is 1.59. The van der Waals surface area contributed by atoms with Gasteiger partial charge in [-0.05, 0) is 67.6 Å². The summed E-state index contributed by atoms with van der Waals surface area (Å²) in [6.45, 7) is 3.68. The van der Waals surface area contributed by atoms with Crippen LogP contribution in [0.2, 0.25) is 0 Å². The number of amides is 1. The van der Waals surface area contributed by atoms with Gasteiger partial charge in [0, 0.05) is 25.9 Å². The van der Waals surface area contributed by atoms with Crippen molar-refractivity contribution in [1.82, 2.24) is 15.1 Å². The summed E-state index contributed by atoms with van der Waals surface area (Å²) in [4.78, 5) is 32.6. The van der Waals surface area contributed by atoms with Gasteiger partial charge >= 0.3 is 5.97 Å². The molecule has 0 aromatic heterocycles. The normalized spacial score (nSPS) is 19.1. The van der Waals surface area contributed by atoms with Crippen LogP contribution >= 0.6 is 0 Å². The maximum Gasteiger partial charge on any atom is 0.326 e. The van der Waals surface area contributed by atoms with Crippen LogP contribution in [0.3, 0.4) is 0 Å². The fourth-order valence-electron chi connectivity index (χ4n) is 4.03. The van der Waals surface area contributed by atoms with Crippen molar-refractivity contribution in [3.05, 3.63) is 30.3 Å². The van der Waals surface area contributed by atoms with Crippen molar-refractivity contribution < 1.29 is 22.8 Å². The number of rotatable bonds is 7. The Morgan fingerprint density at radius 2 is 1.69 bits per heavy atom. The molecule has 1 aromatic carbocycles. The first-order valence-corrected chi connectivity index (χ1v) is 11.6. The second-order valence-corrected chi connectivity index (χ2v) is 9.50. The highest BCUT2D eigenvalue weighted by molar-refractivity contribution is 7.89. The lowest BCUT2D eigenvalue weighted by atomic mass is 9.71. The molecule has 1 aromatic rings. The van der Waals surface area contributed by atoms with Gasteiger partial charge in [0.2, 0.25) is 5.91 Å². The van der Waals surface area contributed by atoms with Gasteiger partial charge in [-0.3, -0.25) is 9.59 Å². The van der Waals surface area contributed by atoms with Crippen LogP contribution in [0.5, 0.6) is 0 Å². The number of nitrogens with one attached hydrogen (secondary N) is 2. The monoisotopic (exact) mass is 423 g/mol. The molecule has 1 amide bonds.